The van der Waals surface area contributed by atoms with Gasteiger partial charge in [-0.25, -0.2) is 14.2 Å². The van der Waals surface area contributed by atoms with E-state index in [2.05, 4.69) is 9.97 Å². The molecule has 0 fully saturated rings. The second kappa shape index (κ2) is 4.95. The first-order valence-electron chi connectivity index (χ1n) is 6.91. The minimum absolute atomic E-state index is 0.136. The van der Waals surface area contributed by atoms with Crippen LogP contribution >= 0.6 is 0 Å². The van der Waals surface area contributed by atoms with Crippen LogP contribution in [0.15, 0.2) is 47.1 Å². The van der Waals surface area contributed by atoms with Gasteiger partial charge in [0, 0.05) is 16.3 Å². The summed E-state index contributed by atoms with van der Waals surface area (Å²) in [5.41, 5.74) is 2.03. The van der Waals surface area contributed by atoms with E-state index in [-0.39, 0.29) is 11.5 Å². The van der Waals surface area contributed by atoms with Gasteiger partial charge in [-0.2, -0.15) is 0 Å². The number of ether oxygens (including phenoxy) is 1. The Morgan fingerprint density at radius 1 is 1.26 bits per heavy atom. The van der Waals surface area contributed by atoms with Crippen LogP contribution in [0.1, 0.15) is 10.5 Å². The van der Waals surface area contributed by atoms with Gasteiger partial charge >= 0.3 is 5.97 Å². The average Bonchev–Trinajstić information content (AvgIpc) is 3.20. The van der Waals surface area contributed by atoms with E-state index >= 15 is 0 Å². The number of nitrogens with one attached hydrogen (secondary N) is 1. The molecular formula is C17H11FN2O3. The van der Waals surface area contributed by atoms with Crippen molar-refractivity contribution in [3.63, 3.8) is 0 Å². The number of carbonyl (C=O) groups is 1. The van der Waals surface area contributed by atoms with Crippen LogP contribution in [0.4, 0.5) is 4.39 Å². The highest BCUT2D eigenvalue weighted by Crippen LogP contribution is 2.33. The van der Waals surface area contributed by atoms with Gasteiger partial charge in [-0.15, -0.1) is 0 Å². The molecule has 5 nitrogen and oxygen atoms in total. The Hall–Kier alpha value is -3.15. The molecule has 114 valence electrons. The van der Waals surface area contributed by atoms with Crippen molar-refractivity contribution in [1.82, 2.24) is 9.97 Å². The van der Waals surface area contributed by atoms with Crippen LogP contribution in [-0.4, -0.2) is 23.0 Å². The van der Waals surface area contributed by atoms with Crippen molar-refractivity contribution < 1.29 is 18.3 Å². The minimum atomic E-state index is -0.564. The summed E-state index contributed by atoms with van der Waals surface area (Å²) in [7, 11) is 1.29. The third-order valence-corrected chi connectivity index (χ3v) is 3.70. The van der Waals surface area contributed by atoms with E-state index in [4.69, 9.17) is 9.15 Å². The van der Waals surface area contributed by atoms with E-state index in [9.17, 15) is 9.18 Å². The molecule has 23 heavy (non-hydrogen) atoms. The smallest absolute Gasteiger partial charge is 0.356 e. The first-order valence-corrected chi connectivity index (χ1v) is 6.91. The van der Waals surface area contributed by atoms with E-state index in [0.717, 1.165) is 5.52 Å². The first-order chi connectivity index (χ1) is 11.2. The number of hydrogen-bond acceptors (Lipinski definition) is 4. The van der Waals surface area contributed by atoms with Crippen LogP contribution in [-0.2, 0) is 4.74 Å². The number of aromatic nitrogens is 2. The van der Waals surface area contributed by atoms with Crippen molar-refractivity contribution in [1.29, 1.82) is 0 Å². The standard InChI is InChI=1S/C17H11FN2O3/c1-22-17(21)13-8-11-10-7-9(18)4-5-12(10)19-15(11)16(20-13)14-3-2-6-23-14/h2-8,19H,1H3. The topological polar surface area (TPSA) is 68.1 Å². The summed E-state index contributed by atoms with van der Waals surface area (Å²) < 4.78 is 23.8. The molecule has 4 aromatic rings. The van der Waals surface area contributed by atoms with Gasteiger partial charge in [0.2, 0.25) is 0 Å². The molecule has 0 aliphatic heterocycles. The third kappa shape index (κ3) is 2.07. The number of pyridine rings is 1. The molecule has 0 aliphatic rings. The molecule has 0 spiro atoms. The lowest BCUT2D eigenvalue weighted by Gasteiger charge is -2.04. The second-order valence-corrected chi connectivity index (χ2v) is 5.06. The monoisotopic (exact) mass is 310 g/mol. The fraction of sp³-hybridized carbons (Fsp3) is 0.0588. The summed E-state index contributed by atoms with van der Waals surface area (Å²) in [6.07, 6.45) is 1.52. The van der Waals surface area contributed by atoms with Crippen LogP contribution in [0, 0.1) is 5.82 Å². The lowest BCUT2D eigenvalue weighted by atomic mass is 10.1. The molecule has 0 saturated heterocycles. The van der Waals surface area contributed by atoms with Crippen molar-refractivity contribution in [3.8, 4) is 11.5 Å². The van der Waals surface area contributed by atoms with E-state index in [1.807, 2.05) is 0 Å². The maximum Gasteiger partial charge on any atom is 0.356 e. The van der Waals surface area contributed by atoms with E-state index in [0.29, 0.717) is 27.7 Å². The summed E-state index contributed by atoms with van der Waals surface area (Å²) in [6.45, 7) is 0. The molecule has 3 aromatic heterocycles. The first kappa shape index (κ1) is 13.5. The van der Waals surface area contributed by atoms with Crippen molar-refractivity contribution in [2.45, 2.75) is 0 Å². The molecule has 0 unspecified atom stereocenters. The van der Waals surface area contributed by atoms with Crippen molar-refractivity contribution in [3.05, 3.63) is 54.2 Å². The molecule has 0 amide bonds. The molecular weight excluding hydrogens is 299 g/mol. The van der Waals surface area contributed by atoms with Crippen LogP contribution in [0.25, 0.3) is 33.3 Å². The maximum absolute atomic E-state index is 13.6. The zero-order valence-electron chi connectivity index (χ0n) is 12.1. The number of benzene rings is 1. The maximum atomic E-state index is 13.6. The quantitative estimate of drug-likeness (QED) is 0.570. The number of esters is 1. The van der Waals surface area contributed by atoms with Gasteiger partial charge in [0.05, 0.1) is 18.9 Å². The van der Waals surface area contributed by atoms with Crippen molar-refractivity contribution in [2.24, 2.45) is 0 Å². The molecule has 0 saturated carbocycles. The zero-order valence-corrected chi connectivity index (χ0v) is 12.1. The normalized spacial score (nSPS) is 11.2. The number of fused-ring (bicyclic) bond motifs is 3. The third-order valence-electron chi connectivity index (χ3n) is 3.70. The van der Waals surface area contributed by atoms with Gasteiger partial charge in [-0.3, -0.25) is 0 Å². The largest absolute Gasteiger partial charge is 0.464 e. The highest BCUT2D eigenvalue weighted by atomic mass is 19.1. The minimum Gasteiger partial charge on any atom is -0.464 e. The molecule has 0 aliphatic carbocycles. The van der Waals surface area contributed by atoms with E-state index < -0.39 is 5.97 Å². The number of halogens is 1. The predicted molar refractivity (Wildman–Crippen MR) is 82.6 cm³/mol. The number of furan rings is 1. The summed E-state index contributed by atoms with van der Waals surface area (Å²) in [4.78, 5) is 19.4. The van der Waals surface area contributed by atoms with Gasteiger partial charge in [-0.1, -0.05) is 0 Å². The number of aromatic amines is 1. The van der Waals surface area contributed by atoms with Gasteiger partial charge < -0.3 is 14.1 Å². The molecule has 0 radical (unpaired) electrons. The van der Waals surface area contributed by atoms with Gasteiger partial charge in [0.15, 0.2) is 5.76 Å². The van der Waals surface area contributed by atoms with Gasteiger partial charge in [0.1, 0.15) is 17.2 Å². The Labute approximate surface area is 129 Å². The fourth-order valence-electron chi connectivity index (χ4n) is 2.67. The molecule has 4 rings (SSSR count). The van der Waals surface area contributed by atoms with Crippen LogP contribution in [0.5, 0.6) is 0 Å². The molecule has 0 bridgehead atoms. The molecule has 6 heteroatoms. The Kier molecular flexibility index (Phi) is 2.90. The average molecular weight is 310 g/mol. The Morgan fingerprint density at radius 2 is 2.13 bits per heavy atom. The number of nitrogens with zero attached hydrogens (tertiary/aromatic N) is 1. The molecule has 3 heterocycles. The Morgan fingerprint density at radius 3 is 2.87 bits per heavy atom. The van der Waals surface area contributed by atoms with E-state index in [1.165, 1.54) is 25.5 Å². The molecule has 0 atom stereocenters. The summed E-state index contributed by atoms with van der Waals surface area (Å²) >= 11 is 0. The van der Waals surface area contributed by atoms with Gasteiger partial charge in [-0.05, 0) is 36.4 Å². The highest BCUT2D eigenvalue weighted by molar-refractivity contribution is 6.12. The Bertz CT molecular complexity index is 1040. The number of hydrogen-bond donors (Lipinski definition) is 1. The van der Waals surface area contributed by atoms with Crippen LogP contribution in [0.3, 0.4) is 0 Å². The fourth-order valence-corrected chi connectivity index (χ4v) is 2.67. The second-order valence-electron chi connectivity index (χ2n) is 5.06. The SMILES string of the molecule is COC(=O)c1cc2c([nH]c3ccc(F)cc32)c(-c2ccco2)n1. The van der Waals surface area contributed by atoms with Crippen LogP contribution < -0.4 is 0 Å². The highest BCUT2D eigenvalue weighted by Gasteiger charge is 2.18. The summed E-state index contributed by atoms with van der Waals surface area (Å²) in [6, 6.07) is 9.51. The van der Waals surface area contributed by atoms with Crippen LogP contribution in [0.2, 0.25) is 0 Å². The lowest BCUT2D eigenvalue weighted by Crippen LogP contribution is -2.05. The number of rotatable bonds is 2. The zero-order chi connectivity index (χ0) is 16.0. The summed E-state index contributed by atoms with van der Waals surface area (Å²) in [5, 5.41) is 1.35. The number of H-pyrrole nitrogens is 1. The van der Waals surface area contributed by atoms with Crippen molar-refractivity contribution in [2.75, 3.05) is 7.11 Å². The lowest BCUT2D eigenvalue weighted by molar-refractivity contribution is 0.0594. The number of carbonyl (C=O) groups excluding carboxylic acids is 1. The van der Waals surface area contributed by atoms with Gasteiger partial charge in [0.25, 0.3) is 0 Å². The molecule has 1 N–H and O–H groups in total. The Balaban J connectivity index is 2.13. The van der Waals surface area contributed by atoms with E-state index in [1.54, 1.807) is 24.3 Å². The predicted octanol–water partition coefficient (Wildman–Crippen LogP) is 3.90. The molecule has 1 aromatic carbocycles. The summed E-state index contributed by atoms with van der Waals surface area (Å²) in [5.74, 6) is -0.410. The number of methoxy groups -OCH3 is 1. The van der Waals surface area contributed by atoms with Crippen molar-refractivity contribution >= 4 is 27.8 Å².